The Hall–Kier alpha value is -1.33. The van der Waals surface area contributed by atoms with Crippen LogP contribution >= 0.6 is 15.9 Å². The van der Waals surface area contributed by atoms with E-state index < -0.39 is 9.84 Å². The first-order valence-corrected chi connectivity index (χ1v) is 9.32. The van der Waals surface area contributed by atoms with E-state index in [1.165, 1.54) is 11.3 Å². The Balaban J connectivity index is 1.72. The van der Waals surface area contributed by atoms with Gasteiger partial charge in [-0.15, -0.1) is 0 Å². The van der Waals surface area contributed by atoms with Crippen molar-refractivity contribution < 1.29 is 8.42 Å². The van der Waals surface area contributed by atoms with Crippen LogP contribution in [0.5, 0.6) is 0 Å². The smallest absolute Gasteiger partial charge is 0.180 e. The summed E-state index contributed by atoms with van der Waals surface area (Å²) in [5.41, 5.74) is 2.47. The summed E-state index contributed by atoms with van der Waals surface area (Å²) >= 11 is 3.32. The van der Waals surface area contributed by atoms with Crippen LogP contribution in [0, 0.1) is 0 Å². The summed E-state index contributed by atoms with van der Waals surface area (Å²) in [5.74, 6) is 0.142. The summed E-state index contributed by atoms with van der Waals surface area (Å²) in [6.07, 6.45) is 0.995. The van der Waals surface area contributed by atoms with Gasteiger partial charge in [-0.1, -0.05) is 34.1 Å². The van der Waals surface area contributed by atoms with Gasteiger partial charge in [-0.3, -0.25) is 0 Å². The Labute approximate surface area is 133 Å². The molecule has 0 fully saturated rings. The molecule has 21 heavy (non-hydrogen) atoms. The van der Waals surface area contributed by atoms with E-state index in [0.717, 1.165) is 17.4 Å². The molecule has 0 amide bonds. The number of fused-ring (bicyclic) bond motifs is 1. The summed E-state index contributed by atoms with van der Waals surface area (Å²) in [7, 11) is -3.23. The highest BCUT2D eigenvalue weighted by Gasteiger charge is 2.21. The molecule has 0 atom stereocenters. The minimum absolute atomic E-state index is 0.142. The molecule has 0 aliphatic carbocycles. The zero-order valence-electron chi connectivity index (χ0n) is 11.5. The lowest BCUT2D eigenvalue weighted by molar-refractivity contribution is 0.594. The fraction of sp³-hybridized carbons (Fsp3) is 0.250. The van der Waals surface area contributed by atoms with Gasteiger partial charge in [0.1, 0.15) is 0 Å². The number of para-hydroxylation sites is 1. The van der Waals surface area contributed by atoms with Crippen LogP contribution in [-0.4, -0.2) is 27.3 Å². The van der Waals surface area contributed by atoms with E-state index in [2.05, 4.69) is 33.0 Å². The third-order valence-electron chi connectivity index (χ3n) is 3.79. The highest BCUT2D eigenvalue weighted by atomic mass is 79.9. The molecule has 2 aromatic carbocycles. The van der Waals surface area contributed by atoms with Gasteiger partial charge < -0.3 is 4.90 Å². The zero-order chi connectivity index (χ0) is 14.9. The Morgan fingerprint density at radius 2 is 1.76 bits per heavy atom. The Kier molecular flexibility index (Phi) is 4.04. The van der Waals surface area contributed by atoms with E-state index >= 15 is 0 Å². The van der Waals surface area contributed by atoms with Gasteiger partial charge in [0.05, 0.1) is 10.6 Å². The number of halogens is 1. The number of sulfone groups is 1. The Morgan fingerprint density at radius 1 is 1.05 bits per heavy atom. The van der Waals surface area contributed by atoms with Crippen molar-refractivity contribution >= 4 is 31.5 Å². The van der Waals surface area contributed by atoms with Crippen LogP contribution < -0.4 is 4.90 Å². The molecule has 1 aliphatic heterocycles. The van der Waals surface area contributed by atoms with E-state index in [-0.39, 0.29) is 5.75 Å². The van der Waals surface area contributed by atoms with Crippen LogP contribution in [0.25, 0.3) is 0 Å². The molecule has 0 radical (unpaired) electrons. The molecule has 5 heteroatoms. The van der Waals surface area contributed by atoms with Gasteiger partial charge in [0.25, 0.3) is 0 Å². The predicted molar refractivity (Wildman–Crippen MR) is 88.6 cm³/mol. The van der Waals surface area contributed by atoms with Crippen LogP contribution in [0.3, 0.4) is 0 Å². The van der Waals surface area contributed by atoms with E-state index in [0.29, 0.717) is 11.4 Å². The number of hydrogen-bond acceptors (Lipinski definition) is 3. The highest BCUT2D eigenvalue weighted by molar-refractivity contribution is 9.10. The highest BCUT2D eigenvalue weighted by Crippen LogP contribution is 2.27. The topological polar surface area (TPSA) is 37.4 Å². The summed E-state index contributed by atoms with van der Waals surface area (Å²) in [6, 6.07) is 15.0. The fourth-order valence-corrected chi connectivity index (χ4v) is 4.14. The minimum Gasteiger partial charge on any atom is -0.370 e. The number of anilines is 1. The van der Waals surface area contributed by atoms with Crippen molar-refractivity contribution in [2.45, 2.75) is 11.3 Å². The number of hydrogen-bond donors (Lipinski definition) is 0. The lowest BCUT2D eigenvalue weighted by atomic mass is 10.2. The lowest BCUT2D eigenvalue weighted by Crippen LogP contribution is -2.27. The third-order valence-corrected chi connectivity index (χ3v) is 6.03. The first-order chi connectivity index (χ1) is 10.1. The monoisotopic (exact) mass is 365 g/mol. The van der Waals surface area contributed by atoms with Gasteiger partial charge in [-0.2, -0.15) is 0 Å². The molecule has 3 nitrogen and oxygen atoms in total. The molecule has 1 aliphatic rings. The summed E-state index contributed by atoms with van der Waals surface area (Å²) < 4.78 is 25.6. The van der Waals surface area contributed by atoms with Crippen molar-refractivity contribution in [2.75, 3.05) is 23.7 Å². The Bertz CT molecular complexity index is 741. The average Bonchev–Trinajstić information content (AvgIpc) is 2.89. The first kappa shape index (κ1) is 14.6. The average molecular weight is 366 g/mol. The molecule has 0 aromatic heterocycles. The number of nitrogens with zero attached hydrogens (tertiary/aromatic N) is 1. The second kappa shape index (κ2) is 5.81. The van der Waals surface area contributed by atoms with E-state index in [4.69, 9.17) is 0 Å². The van der Waals surface area contributed by atoms with Gasteiger partial charge >= 0.3 is 0 Å². The molecule has 1 heterocycles. The normalized spacial score (nSPS) is 14.2. The van der Waals surface area contributed by atoms with Gasteiger partial charge in [0.15, 0.2) is 9.84 Å². The summed E-state index contributed by atoms with van der Waals surface area (Å²) in [5, 5.41) is 0. The molecule has 0 unspecified atom stereocenters. The predicted octanol–water partition coefficient (Wildman–Crippen LogP) is 3.29. The molecular weight excluding hydrogens is 350 g/mol. The van der Waals surface area contributed by atoms with Crippen LogP contribution in [0.15, 0.2) is 57.9 Å². The minimum atomic E-state index is -3.23. The van der Waals surface area contributed by atoms with Gasteiger partial charge in [0, 0.05) is 23.2 Å². The van der Waals surface area contributed by atoms with Crippen LogP contribution in [0.2, 0.25) is 0 Å². The van der Waals surface area contributed by atoms with Crippen molar-refractivity contribution in [2.24, 2.45) is 0 Å². The maximum atomic E-state index is 12.4. The van der Waals surface area contributed by atoms with Gasteiger partial charge in [0.2, 0.25) is 0 Å². The molecule has 0 bridgehead atoms. The molecule has 3 rings (SSSR count). The van der Waals surface area contributed by atoms with Crippen molar-refractivity contribution in [3.8, 4) is 0 Å². The van der Waals surface area contributed by atoms with Gasteiger partial charge in [-0.05, 0) is 42.3 Å². The van der Waals surface area contributed by atoms with E-state index in [1.807, 2.05) is 12.1 Å². The molecule has 0 spiro atoms. The second-order valence-electron chi connectivity index (χ2n) is 5.14. The standard InChI is InChI=1S/C16H16BrNO2S/c17-14-5-7-15(8-6-14)21(19,20)12-11-18-10-9-13-3-1-2-4-16(13)18/h1-8H,9-12H2. The van der Waals surface area contributed by atoms with Crippen molar-refractivity contribution in [1.82, 2.24) is 0 Å². The fourth-order valence-electron chi connectivity index (χ4n) is 2.63. The van der Waals surface area contributed by atoms with E-state index in [9.17, 15) is 8.42 Å². The van der Waals surface area contributed by atoms with Gasteiger partial charge in [-0.25, -0.2) is 8.42 Å². The Morgan fingerprint density at radius 3 is 2.52 bits per heavy atom. The van der Waals surface area contributed by atoms with Crippen molar-refractivity contribution in [3.05, 3.63) is 58.6 Å². The lowest BCUT2D eigenvalue weighted by Gasteiger charge is -2.19. The molecule has 0 saturated heterocycles. The molecule has 0 saturated carbocycles. The van der Waals surface area contributed by atoms with E-state index in [1.54, 1.807) is 24.3 Å². The van der Waals surface area contributed by atoms with Crippen LogP contribution in [0.4, 0.5) is 5.69 Å². The molecule has 2 aromatic rings. The first-order valence-electron chi connectivity index (χ1n) is 6.87. The molecule has 110 valence electrons. The largest absolute Gasteiger partial charge is 0.370 e. The maximum absolute atomic E-state index is 12.4. The zero-order valence-corrected chi connectivity index (χ0v) is 13.9. The van der Waals surface area contributed by atoms with Crippen molar-refractivity contribution in [3.63, 3.8) is 0 Å². The van der Waals surface area contributed by atoms with Crippen molar-refractivity contribution in [1.29, 1.82) is 0 Å². The number of rotatable bonds is 4. The molecule has 0 N–H and O–H groups in total. The SMILES string of the molecule is O=S(=O)(CCN1CCc2ccccc21)c1ccc(Br)cc1. The number of benzene rings is 2. The maximum Gasteiger partial charge on any atom is 0.180 e. The summed E-state index contributed by atoms with van der Waals surface area (Å²) in [4.78, 5) is 2.55. The second-order valence-corrected chi connectivity index (χ2v) is 8.16. The van der Waals surface area contributed by atoms with Crippen LogP contribution in [-0.2, 0) is 16.3 Å². The quantitative estimate of drug-likeness (QED) is 0.834. The third kappa shape index (κ3) is 3.14. The summed E-state index contributed by atoms with van der Waals surface area (Å²) in [6.45, 7) is 1.44. The van der Waals surface area contributed by atoms with Crippen LogP contribution in [0.1, 0.15) is 5.56 Å². The molecular formula is C16H16BrNO2S.